The monoisotopic (exact) mass is 508 g/mol. The molecule has 0 aromatic heterocycles. The minimum Gasteiger partial charge on any atom is -0.399 e. The van der Waals surface area contributed by atoms with Gasteiger partial charge in [-0.05, 0) is 117 Å². The van der Waals surface area contributed by atoms with Crippen molar-refractivity contribution in [3.8, 4) is 0 Å². The first-order chi connectivity index (χ1) is 18.0. The van der Waals surface area contributed by atoms with Gasteiger partial charge in [0.2, 0.25) is 0 Å². The van der Waals surface area contributed by atoms with Crippen molar-refractivity contribution >= 4 is 11.4 Å². The van der Waals surface area contributed by atoms with Gasteiger partial charge in [0.15, 0.2) is 0 Å². The molecule has 0 heterocycles. The van der Waals surface area contributed by atoms with Crippen LogP contribution in [-0.2, 0) is 11.3 Å². The Bertz CT molecular complexity index is 791. The fourth-order valence-corrected chi connectivity index (χ4v) is 7.78. The van der Waals surface area contributed by atoms with Crippen LogP contribution in [0.5, 0.6) is 0 Å². The highest BCUT2D eigenvalue weighted by Crippen LogP contribution is 2.43. The number of unbranched alkanes of at least 4 members (excludes halogenated alkanes) is 1. The van der Waals surface area contributed by atoms with Crippen molar-refractivity contribution in [2.45, 2.75) is 129 Å². The number of benzene rings is 1. The Balaban J connectivity index is 1.08. The summed E-state index contributed by atoms with van der Waals surface area (Å²) >= 11 is 0. The molecule has 1 unspecified atom stereocenters. The van der Waals surface area contributed by atoms with Gasteiger partial charge in [-0.25, -0.2) is 0 Å². The molecule has 0 spiro atoms. The second-order valence-electron chi connectivity index (χ2n) is 13.2. The molecule has 3 aliphatic carbocycles. The Hall–Kier alpha value is -1.48. The minimum atomic E-state index is 0.367. The summed E-state index contributed by atoms with van der Waals surface area (Å²) in [5.74, 6) is 5.56. The van der Waals surface area contributed by atoms with Crippen molar-refractivity contribution in [2.24, 2.45) is 35.5 Å². The van der Waals surface area contributed by atoms with Crippen LogP contribution in [0.1, 0.15) is 122 Å². The van der Waals surface area contributed by atoms with Crippen LogP contribution in [0.15, 0.2) is 30.4 Å². The first kappa shape index (κ1) is 28.5. The van der Waals surface area contributed by atoms with E-state index in [0.29, 0.717) is 12.7 Å². The average molecular weight is 509 g/mol. The summed E-state index contributed by atoms with van der Waals surface area (Å²) in [6.45, 7) is 5.40. The molecule has 0 bridgehead atoms. The second-order valence-corrected chi connectivity index (χ2v) is 13.2. The summed E-state index contributed by atoms with van der Waals surface area (Å²) in [5, 5.41) is 0. The van der Waals surface area contributed by atoms with Crippen molar-refractivity contribution in [2.75, 3.05) is 11.5 Å². The van der Waals surface area contributed by atoms with Gasteiger partial charge < -0.3 is 16.2 Å². The summed E-state index contributed by atoms with van der Waals surface area (Å²) in [4.78, 5) is 0. The van der Waals surface area contributed by atoms with Crippen LogP contribution in [0.4, 0.5) is 11.4 Å². The molecule has 0 aliphatic heterocycles. The summed E-state index contributed by atoms with van der Waals surface area (Å²) in [6.07, 6.45) is 28.1. The largest absolute Gasteiger partial charge is 0.399 e. The molecule has 3 nitrogen and oxygen atoms in total. The van der Waals surface area contributed by atoms with Crippen molar-refractivity contribution in [3.05, 3.63) is 35.9 Å². The average Bonchev–Trinajstić information content (AvgIpc) is 2.90. The number of hydrogen-bond acceptors (Lipinski definition) is 3. The number of allylic oxidation sites excluding steroid dienone is 2. The van der Waals surface area contributed by atoms with Crippen molar-refractivity contribution < 1.29 is 4.74 Å². The molecule has 3 heteroatoms. The third-order valence-corrected chi connectivity index (χ3v) is 10.1. The predicted octanol–water partition coefficient (Wildman–Crippen LogP) is 9.31. The van der Waals surface area contributed by atoms with Gasteiger partial charge in [0.05, 0.1) is 12.7 Å². The molecule has 1 atom stereocenters. The highest BCUT2D eigenvalue weighted by Gasteiger charge is 2.31. The number of hydrogen-bond donors (Lipinski definition) is 2. The van der Waals surface area contributed by atoms with E-state index in [2.05, 4.69) is 26.0 Å². The molecule has 0 radical (unpaired) electrons. The predicted molar refractivity (Wildman–Crippen MR) is 159 cm³/mol. The van der Waals surface area contributed by atoms with E-state index in [1.807, 2.05) is 12.1 Å². The lowest BCUT2D eigenvalue weighted by Gasteiger charge is -2.38. The van der Waals surface area contributed by atoms with E-state index in [4.69, 9.17) is 16.2 Å². The maximum Gasteiger partial charge on any atom is 0.0722 e. The summed E-state index contributed by atoms with van der Waals surface area (Å²) < 4.78 is 6.19. The zero-order valence-corrected chi connectivity index (χ0v) is 24.0. The Kier molecular flexibility index (Phi) is 11.3. The molecule has 1 aromatic carbocycles. The van der Waals surface area contributed by atoms with E-state index >= 15 is 0 Å². The molecular formula is C34H56N2O. The maximum atomic E-state index is 6.19. The van der Waals surface area contributed by atoms with E-state index < -0.39 is 0 Å². The summed E-state index contributed by atoms with van der Waals surface area (Å²) in [5.41, 5.74) is 14.3. The Morgan fingerprint density at radius 3 is 2.00 bits per heavy atom. The molecule has 1 aromatic rings. The van der Waals surface area contributed by atoms with Crippen LogP contribution < -0.4 is 11.5 Å². The quantitative estimate of drug-likeness (QED) is 0.231. The molecule has 3 aliphatic rings. The van der Waals surface area contributed by atoms with Gasteiger partial charge in [0.25, 0.3) is 0 Å². The van der Waals surface area contributed by atoms with E-state index in [-0.39, 0.29) is 0 Å². The normalized spacial score (nSPS) is 31.9. The van der Waals surface area contributed by atoms with Crippen LogP contribution in [0.3, 0.4) is 0 Å². The molecule has 0 amide bonds. The zero-order chi connectivity index (χ0) is 26.0. The van der Waals surface area contributed by atoms with Gasteiger partial charge in [0.1, 0.15) is 0 Å². The molecule has 3 saturated carbocycles. The van der Waals surface area contributed by atoms with Gasteiger partial charge >= 0.3 is 0 Å². The lowest BCUT2D eigenvalue weighted by atomic mass is 9.68. The second kappa shape index (κ2) is 14.6. The lowest BCUT2D eigenvalue weighted by molar-refractivity contribution is 0.0110. The molecule has 0 saturated heterocycles. The van der Waals surface area contributed by atoms with Crippen LogP contribution in [0.25, 0.3) is 0 Å². The lowest BCUT2D eigenvalue weighted by Crippen LogP contribution is -2.26. The minimum absolute atomic E-state index is 0.367. The van der Waals surface area contributed by atoms with Gasteiger partial charge in [-0.15, -0.1) is 0 Å². The highest BCUT2D eigenvalue weighted by atomic mass is 16.5. The third-order valence-electron chi connectivity index (χ3n) is 10.1. The maximum absolute atomic E-state index is 6.19. The number of ether oxygens (including phenoxy) is 1. The first-order valence-corrected chi connectivity index (χ1v) is 15.9. The Morgan fingerprint density at radius 1 is 0.811 bits per heavy atom. The molecular weight excluding hydrogens is 452 g/mol. The summed E-state index contributed by atoms with van der Waals surface area (Å²) in [6, 6.07) is 5.74. The van der Waals surface area contributed by atoms with Crippen LogP contribution in [-0.4, -0.2) is 6.10 Å². The van der Waals surface area contributed by atoms with Crippen LogP contribution in [0, 0.1) is 35.5 Å². The molecule has 3 fully saturated rings. The number of nitrogen functional groups attached to an aromatic ring is 2. The van der Waals surface area contributed by atoms with E-state index in [1.165, 1.54) is 89.9 Å². The van der Waals surface area contributed by atoms with Crippen molar-refractivity contribution in [1.29, 1.82) is 0 Å². The Labute approximate surface area is 228 Å². The topological polar surface area (TPSA) is 61.3 Å². The van der Waals surface area contributed by atoms with Crippen LogP contribution in [0.2, 0.25) is 0 Å². The van der Waals surface area contributed by atoms with Gasteiger partial charge in [-0.2, -0.15) is 0 Å². The fourth-order valence-electron chi connectivity index (χ4n) is 7.78. The molecule has 37 heavy (non-hydrogen) atoms. The standard InChI is InChI=1S/C34H56N2O/c1-3-4-5-26-8-14-30(15-9-26)31-16-10-28(11-17-31)20-25(2)6-7-27-12-18-34(19-13-27)37-24-29-21-32(35)23-33(36)22-29/h6-7,21-23,25-28,30-31,34H,3-5,8-20,24,35-36H2,1-2H3. The molecule has 4 N–H and O–H groups in total. The zero-order valence-electron chi connectivity index (χ0n) is 24.0. The number of anilines is 2. The van der Waals surface area contributed by atoms with E-state index in [0.717, 1.165) is 65.3 Å². The van der Waals surface area contributed by atoms with Crippen molar-refractivity contribution in [1.82, 2.24) is 0 Å². The first-order valence-electron chi connectivity index (χ1n) is 15.9. The Morgan fingerprint density at radius 2 is 1.41 bits per heavy atom. The van der Waals surface area contributed by atoms with E-state index in [9.17, 15) is 0 Å². The smallest absolute Gasteiger partial charge is 0.0722 e. The van der Waals surface area contributed by atoms with Gasteiger partial charge in [-0.3, -0.25) is 0 Å². The number of nitrogens with two attached hydrogens (primary N) is 2. The highest BCUT2D eigenvalue weighted by molar-refractivity contribution is 5.54. The third kappa shape index (κ3) is 9.34. The van der Waals surface area contributed by atoms with E-state index in [1.54, 1.807) is 6.07 Å². The van der Waals surface area contributed by atoms with Crippen LogP contribution >= 0.6 is 0 Å². The van der Waals surface area contributed by atoms with Gasteiger partial charge in [-0.1, -0.05) is 70.9 Å². The van der Waals surface area contributed by atoms with Crippen molar-refractivity contribution in [3.63, 3.8) is 0 Å². The fraction of sp³-hybridized carbons (Fsp3) is 0.765. The summed E-state index contributed by atoms with van der Waals surface area (Å²) in [7, 11) is 0. The molecule has 4 rings (SSSR count). The molecule has 208 valence electrons. The SMILES string of the molecule is CCCCC1CCC(C2CCC(CC(C)C=CC3CCC(OCc4cc(N)cc(N)c4)CC3)CC2)CC1. The van der Waals surface area contributed by atoms with Gasteiger partial charge in [0, 0.05) is 11.4 Å². The number of rotatable bonds is 11.